The van der Waals surface area contributed by atoms with Crippen LogP contribution in [-0.4, -0.2) is 16.8 Å². The summed E-state index contributed by atoms with van der Waals surface area (Å²) in [5, 5.41) is 12.0. The van der Waals surface area contributed by atoms with Crippen molar-refractivity contribution in [3.63, 3.8) is 0 Å². The van der Waals surface area contributed by atoms with Gasteiger partial charge in [0.05, 0.1) is 12.3 Å². The molecule has 30 heavy (non-hydrogen) atoms. The van der Waals surface area contributed by atoms with Crippen LogP contribution in [0.2, 0.25) is 5.02 Å². The lowest BCUT2D eigenvalue weighted by molar-refractivity contribution is 0.341. The standard InChI is InChI=1S/C23H19ClFN3O2/c1-2-29-20-11-7-6-10-19(20)26-21(17-13-12-16(25)14-18(17)24)23-28-27-22(30-23)15-8-4-3-5-9-15/h3-14,21,26H,2H2,1H3/t21-/m1/s1. The van der Waals surface area contributed by atoms with Gasteiger partial charge in [0.15, 0.2) is 0 Å². The largest absolute Gasteiger partial charge is 0.492 e. The first-order valence-corrected chi connectivity index (χ1v) is 9.85. The number of hydrogen-bond donors (Lipinski definition) is 1. The molecule has 3 aromatic carbocycles. The molecule has 0 aliphatic carbocycles. The summed E-state index contributed by atoms with van der Waals surface area (Å²) in [4.78, 5) is 0. The maximum absolute atomic E-state index is 13.7. The fraction of sp³-hybridized carbons (Fsp3) is 0.130. The molecule has 1 N–H and O–H groups in total. The molecule has 0 fully saturated rings. The summed E-state index contributed by atoms with van der Waals surface area (Å²) in [6, 6.07) is 20.6. The van der Waals surface area contributed by atoms with Crippen molar-refractivity contribution in [2.45, 2.75) is 13.0 Å². The smallest absolute Gasteiger partial charge is 0.247 e. The van der Waals surface area contributed by atoms with E-state index in [0.29, 0.717) is 29.7 Å². The molecule has 0 spiro atoms. The fourth-order valence-electron chi connectivity index (χ4n) is 3.08. The first kappa shape index (κ1) is 19.9. The second kappa shape index (κ2) is 8.97. The zero-order valence-corrected chi connectivity index (χ0v) is 16.9. The molecule has 7 heteroatoms. The Balaban J connectivity index is 1.76. The summed E-state index contributed by atoms with van der Waals surface area (Å²) in [5.41, 5.74) is 2.13. The van der Waals surface area contributed by atoms with Crippen LogP contribution in [0.25, 0.3) is 11.5 Å². The number of aromatic nitrogens is 2. The highest BCUT2D eigenvalue weighted by Gasteiger charge is 2.25. The van der Waals surface area contributed by atoms with E-state index in [-0.39, 0.29) is 5.02 Å². The van der Waals surface area contributed by atoms with Crippen LogP contribution in [0, 0.1) is 5.82 Å². The lowest BCUT2D eigenvalue weighted by Gasteiger charge is -2.20. The Labute approximate surface area is 178 Å². The molecular weight excluding hydrogens is 405 g/mol. The summed E-state index contributed by atoms with van der Waals surface area (Å²) < 4.78 is 25.3. The lowest BCUT2D eigenvalue weighted by Crippen LogP contribution is -2.14. The molecule has 1 heterocycles. The normalized spacial score (nSPS) is 11.8. The van der Waals surface area contributed by atoms with Gasteiger partial charge < -0.3 is 14.5 Å². The van der Waals surface area contributed by atoms with Gasteiger partial charge in [0.1, 0.15) is 17.6 Å². The Hall–Kier alpha value is -3.38. The average Bonchev–Trinajstić information content (AvgIpc) is 3.25. The maximum Gasteiger partial charge on any atom is 0.247 e. The SMILES string of the molecule is CCOc1ccccc1N[C@@H](c1nnc(-c2ccccc2)o1)c1ccc(F)cc1Cl. The van der Waals surface area contributed by atoms with Crippen LogP contribution in [0.5, 0.6) is 5.75 Å². The molecule has 0 saturated heterocycles. The van der Waals surface area contributed by atoms with Crippen molar-refractivity contribution in [1.29, 1.82) is 0 Å². The summed E-state index contributed by atoms with van der Waals surface area (Å²) >= 11 is 6.36. The number of ether oxygens (including phenoxy) is 1. The van der Waals surface area contributed by atoms with E-state index in [4.69, 9.17) is 20.8 Å². The first-order valence-electron chi connectivity index (χ1n) is 9.48. The topological polar surface area (TPSA) is 60.2 Å². The molecule has 0 radical (unpaired) electrons. The molecule has 4 aromatic rings. The summed E-state index contributed by atoms with van der Waals surface area (Å²) in [6.07, 6.45) is 0. The highest BCUT2D eigenvalue weighted by Crippen LogP contribution is 2.35. The van der Waals surface area contributed by atoms with Crippen molar-refractivity contribution in [2.75, 3.05) is 11.9 Å². The highest BCUT2D eigenvalue weighted by atomic mass is 35.5. The maximum atomic E-state index is 13.7. The van der Waals surface area contributed by atoms with E-state index in [1.165, 1.54) is 12.1 Å². The van der Waals surface area contributed by atoms with Crippen LogP contribution in [0.1, 0.15) is 24.4 Å². The molecule has 0 saturated carbocycles. The van der Waals surface area contributed by atoms with Gasteiger partial charge in [-0.2, -0.15) is 0 Å². The van der Waals surface area contributed by atoms with Gasteiger partial charge in [0.25, 0.3) is 0 Å². The second-order valence-electron chi connectivity index (χ2n) is 6.48. The van der Waals surface area contributed by atoms with Crippen molar-refractivity contribution in [3.8, 4) is 17.2 Å². The molecule has 0 aliphatic heterocycles. The van der Waals surface area contributed by atoms with Crippen LogP contribution < -0.4 is 10.1 Å². The molecule has 0 amide bonds. The third-order valence-electron chi connectivity index (χ3n) is 4.47. The van der Waals surface area contributed by atoms with Gasteiger partial charge in [-0.15, -0.1) is 10.2 Å². The van der Waals surface area contributed by atoms with Crippen molar-refractivity contribution in [1.82, 2.24) is 10.2 Å². The second-order valence-corrected chi connectivity index (χ2v) is 6.89. The van der Waals surface area contributed by atoms with Gasteiger partial charge in [0.2, 0.25) is 11.8 Å². The van der Waals surface area contributed by atoms with Gasteiger partial charge in [-0.3, -0.25) is 0 Å². The van der Waals surface area contributed by atoms with E-state index in [1.54, 1.807) is 6.07 Å². The Morgan fingerprint density at radius 1 is 1.03 bits per heavy atom. The number of rotatable bonds is 7. The van der Waals surface area contributed by atoms with E-state index < -0.39 is 11.9 Å². The molecule has 0 bridgehead atoms. The highest BCUT2D eigenvalue weighted by molar-refractivity contribution is 6.31. The number of benzene rings is 3. The number of nitrogens with zero attached hydrogens (tertiary/aromatic N) is 2. The van der Waals surface area contributed by atoms with Gasteiger partial charge in [-0.1, -0.05) is 48.0 Å². The fourth-order valence-corrected chi connectivity index (χ4v) is 3.36. The zero-order valence-electron chi connectivity index (χ0n) is 16.2. The van der Waals surface area contributed by atoms with E-state index in [2.05, 4.69) is 15.5 Å². The predicted octanol–water partition coefficient (Wildman–Crippen LogP) is 6.13. The van der Waals surface area contributed by atoms with E-state index >= 15 is 0 Å². The minimum absolute atomic E-state index is 0.251. The minimum Gasteiger partial charge on any atom is -0.492 e. The van der Waals surface area contributed by atoms with Crippen LogP contribution >= 0.6 is 11.6 Å². The number of hydrogen-bond acceptors (Lipinski definition) is 5. The Bertz CT molecular complexity index is 1130. The quantitative estimate of drug-likeness (QED) is 0.387. The number of anilines is 1. The molecule has 0 unspecified atom stereocenters. The van der Waals surface area contributed by atoms with Crippen molar-refractivity contribution < 1.29 is 13.5 Å². The molecule has 4 rings (SSSR count). The summed E-state index contributed by atoms with van der Waals surface area (Å²) in [5.74, 6) is 0.932. The Morgan fingerprint density at radius 3 is 2.57 bits per heavy atom. The third kappa shape index (κ3) is 4.28. The number of nitrogens with one attached hydrogen (secondary N) is 1. The lowest BCUT2D eigenvalue weighted by atomic mass is 10.1. The van der Waals surface area contributed by atoms with Gasteiger partial charge in [-0.25, -0.2) is 4.39 Å². The van der Waals surface area contributed by atoms with E-state index in [1.807, 2.05) is 61.5 Å². The van der Waals surface area contributed by atoms with E-state index in [9.17, 15) is 4.39 Å². The number of para-hydroxylation sites is 2. The molecule has 5 nitrogen and oxygen atoms in total. The molecule has 1 atom stereocenters. The van der Waals surface area contributed by atoms with Gasteiger partial charge in [-0.05, 0) is 43.3 Å². The van der Waals surface area contributed by atoms with Gasteiger partial charge >= 0.3 is 0 Å². The van der Waals surface area contributed by atoms with Crippen molar-refractivity contribution >= 4 is 17.3 Å². The van der Waals surface area contributed by atoms with Gasteiger partial charge in [0, 0.05) is 16.1 Å². The average molecular weight is 424 g/mol. The third-order valence-corrected chi connectivity index (χ3v) is 4.80. The van der Waals surface area contributed by atoms with Crippen LogP contribution in [0.15, 0.2) is 77.2 Å². The minimum atomic E-state index is -0.607. The molecule has 0 aliphatic rings. The monoisotopic (exact) mass is 423 g/mol. The molecular formula is C23H19ClFN3O2. The van der Waals surface area contributed by atoms with Crippen molar-refractivity contribution in [2.24, 2.45) is 0 Å². The van der Waals surface area contributed by atoms with Crippen LogP contribution in [0.4, 0.5) is 10.1 Å². The predicted molar refractivity (Wildman–Crippen MR) is 114 cm³/mol. The molecule has 1 aromatic heterocycles. The first-order chi connectivity index (χ1) is 14.7. The van der Waals surface area contributed by atoms with Crippen LogP contribution in [0.3, 0.4) is 0 Å². The Kier molecular flexibility index (Phi) is 5.95. The summed E-state index contributed by atoms with van der Waals surface area (Å²) in [6.45, 7) is 2.43. The molecule has 152 valence electrons. The Morgan fingerprint density at radius 2 is 1.80 bits per heavy atom. The van der Waals surface area contributed by atoms with Crippen molar-refractivity contribution in [3.05, 3.63) is 95.1 Å². The number of halogens is 2. The van der Waals surface area contributed by atoms with E-state index in [0.717, 1.165) is 11.3 Å². The zero-order chi connectivity index (χ0) is 20.9. The van der Waals surface area contributed by atoms with Crippen LogP contribution in [-0.2, 0) is 0 Å². The summed E-state index contributed by atoms with van der Waals surface area (Å²) in [7, 11) is 0.